The normalized spacial score (nSPS) is 15.4. The van der Waals surface area contributed by atoms with Gasteiger partial charge in [0.2, 0.25) is 0 Å². The lowest BCUT2D eigenvalue weighted by atomic mass is 9.97. The Bertz CT molecular complexity index is 362. The summed E-state index contributed by atoms with van der Waals surface area (Å²) in [4.78, 5) is 0. The highest BCUT2D eigenvalue weighted by molar-refractivity contribution is 5.45. The van der Waals surface area contributed by atoms with Gasteiger partial charge in [0, 0.05) is 18.0 Å². The van der Waals surface area contributed by atoms with Gasteiger partial charge < -0.3 is 10.1 Å². The van der Waals surface area contributed by atoms with Crippen LogP contribution >= 0.6 is 0 Å². The molecule has 0 amide bonds. The van der Waals surface area contributed by atoms with Gasteiger partial charge in [-0.2, -0.15) is 0 Å². The molecule has 1 N–H and O–H groups in total. The molecular formula is C15H23NO. The Balaban J connectivity index is 2.11. The van der Waals surface area contributed by atoms with Crippen molar-refractivity contribution in [1.82, 2.24) is 5.32 Å². The largest absolute Gasteiger partial charge is 0.493 e. The molecule has 0 spiro atoms. The minimum atomic E-state index is 0.439. The second kappa shape index (κ2) is 6.06. The summed E-state index contributed by atoms with van der Waals surface area (Å²) in [5.41, 5.74) is 2.72. The van der Waals surface area contributed by atoms with Gasteiger partial charge >= 0.3 is 0 Å². The molecular weight excluding hydrogens is 210 g/mol. The van der Waals surface area contributed by atoms with Gasteiger partial charge in [-0.15, -0.1) is 0 Å². The summed E-state index contributed by atoms with van der Waals surface area (Å²) in [6, 6.07) is 6.99. The fraction of sp³-hybridized carbons (Fsp3) is 0.600. The summed E-state index contributed by atoms with van der Waals surface area (Å²) in [6.45, 7) is 3.09. The van der Waals surface area contributed by atoms with Crippen LogP contribution in [0.2, 0.25) is 0 Å². The molecule has 0 radical (unpaired) electrons. The Kier molecular flexibility index (Phi) is 4.43. The van der Waals surface area contributed by atoms with E-state index >= 15 is 0 Å². The number of nitrogens with one attached hydrogen (secondary N) is 1. The standard InChI is InChI=1S/C15H23NO/c1-3-4-5-9-14(16-2)13-8-6-7-12-10-11-17-15(12)13/h6-8,14,16H,3-5,9-11H2,1-2H3. The van der Waals surface area contributed by atoms with E-state index in [0.29, 0.717) is 6.04 Å². The van der Waals surface area contributed by atoms with Gasteiger partial charge in [0.15, 0.2) is 0 Å². The second-order valence-corrected chi connectivity index (χ2v) is 4.77. The molecule has 2 heteroatoms. The zero-order chi connectivity index (χ0) is 12.1. The molecule has 2 rings (SSSR count). The van der Waals surface area contributed by atoms with Gasteiger partial charge in [0.25, 0.3) is 0 Å². The molecule has 1 aromatic carbocycles. The predicted molar refractivity (Wildman–Crippen MR) is 71.6 cm³/mol. The summed E-state index contributed by atoms with van der Waals surface area (Å²) in [5.74, 6) is 1.14. The number of fused-ring (bicyclic) bond motifs is 1. The Morgan fingerprint density at radius 2 is 2.24 bits per heavy atom. The Morgan fingerprint density at radius 3 is 3.00 bits per heavy atom. The number of benzene rings is 1. The van der Waals surface area contributed by atoms with Crippen LogP contribution in [-0.2, 0) is 6.42 Å². The van der Waals surface area contributed by atoms with Crippen molar-refractivity contribution in [2.45, 2.75) is 45.1 Å². The maximum Gasteiger partial charge on any atom is 0.127 e. The first-order chi connectivity index (χ1) is 8.36. The van der Waals surface area contributed by atoms with Gasteiger partial charge in [0.05, 0.1) is 6.61 Å². The molecule has 1 aliphatic heterocycles. The van der Waals surface area contributed by atoms with E-state index < -0.39 is 0 Å². The third-order valence-corrected chi connectivity index (χ3v) is 3.57. The van der Waals surface area contributed by atoms with Crippen molar-refractivity contribution in [2.24, 2.45) is 0 Å². The van der Waals surface area contributed by atoms with Crippen molar-refractivity contribution < 1.29 is 4.74 Å². The van der Waals surface area contributed by atoms with Crippen LogP contribution in [0.1, 0.15) is 49.8 Å². The molecule has 0 fully saturated rings. The molecule has 94 valence electrons. The molecule has 1 unspecified atom stereocenters. The van der Waals surface area contributed by atoms with Crippen LogP contribution in [0.3, 0.4) is 0 Å². The number of hydrogen-bond acceptors (Lipinski definition) is 2. The molecule has 0 saturated heterocycles. The maximum atomic E-state index is 5.78. The van der Waals surface area contributed by atoms with Crippen molar-refractivity contribution in [3.8, 4) is 5.75 Å². The van der Waals surface area contributed by atoms with Crippen LogP contribution in [0, 0.1) is 0 Å². The fourth-order valence-corrected chi connectivity index (χ4v) is 2.57. The van der Waals surface area contributed by atoms with E-state index in [1.807, 2.05) is 7.05 Å². The van der Waals surface area contributed by atoms with Gasteiger partial charge in [-0.05, 0) is 19.0 Å². The Hall–Kier alpha value is -1.02. The fourth-order valence-electron chi connectivity index (χ4n) is 2.57. The van der Waals surface area contributed by atoms with Crippen molar-refractivity contribution in [3.05, 3.63) is 29.3 Å². The van der Waals surface area contributed by atoms with Crippen molar-refractivity contribution in [3.63, 3.8) is 0 Å². The summed E-state index contributed by atoms with van der Waals surface area (Å²) in [6.07, 6.45) is 6.14. The number of rotatable bonds is 6. The first kappa shape index (κ1) is 12.4. The van der Waals surface area contributed by atoms with Crippen LogP contribution < -0.4 is 10.1 Å². The Morgan fingerprint density at radius 1 is 1.35 bits per heavy atom. The quantitative estimate of drug-likeness (QED) is 0.760. The van der Waals surface area contributed by atoms with E-state index in [1.54, 1.807) is 0 Å². The highest BCUT2D eigenvalue weighted by Crippen LogP contribution is 2.35. The Labute approximate surface area is 104 Å². The predicted octanol–water partition coefficient (Wildman–Crippen LogP) is 3.46. The minimum absolute atomic E-state index is 0.439. The van der Waals surface area contributed by atoms with Gasteiger partial charge in [-0.3, -0.25) is 0 Å². The second-order valence-electron chi connectivity index (χ2n) is 4.77. The summed E-state index contributed by atoms with van der Waals surface area (Å²) in [7, 11) is 2.05. The van der Waals surface area contributed by atoms with E-state index in [4.69, 9.17) is 4.74 Å². The highest BCUT2D eigenvalue weighted by Gasteiger charge is 2.20. The van der Waals surface area contributed by atoms with Crippen LogP contribution in [0.15, 0.2) is 18.2 Å². The van der Waals surface area contributed by atoms with Gasteiger partial charge in [-0.25, -0.2) is 0 Å². The van der Waals surface area contributed by atoms with Crippen molar-refractivity contribution >= 4 is 0 Å². The zero-order valence-corrected chi connectivity index (χ0v) is 11.0. The number of para-hydroxylation sites is 1. The average Bonchev–Trinajstić information content (AvgIpc) is 2.83. The smallest absolute Gasteiger partial charge is 0.127 e. The zero-order valence-electron chi connectivity index (χ0n) is 11.0. The third-order valence-electron chi connectivity index (χ3n) is 3.57. The first-order valence-corrected chi connectivity index (χ1v) is 6.78. The monoisotopic (exact) mass is 233 g/mol. The molecule has 1 aromatic rings. The van der Waals surface area contributed by atoms with Crippen LogP contribution in [0.25, 0.3) is 0 Å². The lowest BCUT2D eigenvalue weighted by Gasteiger charge is -2.19. The molecule has 1 aliphatic rings. The SMILES string of the molecule is CCCCCC(NC)c1cccc2c1OCC2. The summed E-state index contributed by atoms with van der Waals surface area (Å²) in [5, 5.41) is 3.43. The van der Waals surface area contributed by atoms with Crippen molar-refractivity contribution in [2.75, 3.05) is 13.7 Å². The number of hydrogen-bond donors (Lipinski definition) is 1. The molecule has 0 saturated carbocycles. The van der Waals surface area contributed by atoms with Crippen LogP contribution in [-0.4, -0.2) is 13.7 Å². The van der Waals surface area contributed by atoms with E-state index in [9.17, 15) is 0 Å². The molecule has 1 atom stereocenters. The molecule has 0 aromatic heterocycles. The number of ether oxygens (including phenoxy) is 1. The van der Waals surface area contributed by atoms with E-state index in [2.05, 4.69) is 30.4 Å². The molecule has 1 heterocycles. The van der Waals surface area contributed by atoms with Crippen LogP contribution in [0.5, 0.6) is 5.75 Å². The molecule has 0 bridgehead atoms. The lowest BCUT2D eigenvalue weighted by Crippen LogP contribution is -2.17. The van der Waals surface area contributed by atoms with Gasteiger partial charge in [-0.1, -0.05) is 44.4 Å². The topological polar surface area (TPSA) is 21.3 Å². The minimum Gasteiger partial charge on any atom is -0.493 e. The first-order valence-electron chi connectivity index (χ1n) is 6.78. The summed E-state index contributed by atoms with van der Waals surface area (Å²) >= 11 is 0. The number of unbranched alkanes of at least 4 members (excludes halogenated alkanes) is 2. The molecule has 0 aliphatic carbocycles. The van der Waals surface area contributed by atoms with Gasteiger partial charge in [0.1, 0.15) is 5.75 Å². The van der Waals surface area contributed by atoms with E-state index in [1.165, 1.54) is 36.8 Å². The average molecular weight is 233 g/mol. The third kappa shape index (κ3) is 2.81. The molecule has 2 nitrogen and oxygen atoms in total. The molecule has 17 heavy (non-hydrogen) atoms. The lowest BCUT2D eigenvalue weighted by molar-refractivity contribution is 0.347. The summed E-state index contributed by atoms with van der Waals surface area (Å²) < 4.78 is 5.78. The van der Waals surface area contributed by atoms with Crippen LogP contribution in [0.4, 0.5) is 0 Å². The van der Waals surface area contributed by atoms with Crippen molar-refractivity contribution in [1.29, 1.82) is 0 Å². The highest BCUT2D eigenvalue weighted by atomic mass is 16.5. The van der Waals surface area contributed by atoms with E-state index in [0.717, 1.165) is 18.8 Å². The van der Waals surface area contributed by atoms with E-state index in [-0.39, 0.29) is 0 Å². The maximum absolute atomic E-state index is 5.78.